The van der Waals surface area contributed by atoms with Gasteiger partial charge in [0.05, 0.1) is 0 Å². The van der Waals surface area contributed by atoms with Crippen molar-refractivity contribution in [2.24, 2.45) is 0 Å². The minimum Gasteiger partial charge on any atom is -0.356 e. The molecule has 1 aromatic heterocycles. The summed E-state index contributed by atoms with van der Waals surface area (Å²) in [7, 11) is 0. The molecule has 0 bridgehead atoms. The SMILES string of the molecule is CCc1cc(N2CCC(N3C(=O)N4CCC[C@@]4(C)C3=O)CC2)ncn1. The standard InChI is InChI=1S/C18H25N5O2/c1-3-13-11-15(20-12-19-13)21-9-5-14(6-10-21)23-16(24)18(2)7-4-8-22(18)17(23)25/h11-12,14H,3-10H2,1-2H3/t18-/m0/s1. The van der Waals surface area contributed by atoms with E-state index in [9.17, 15) is 9.59 Å². The molecule has 3 aliphatic rings. The third kappa shape index (κ3) is 2.48. The van der Waals surface area contributed by atoms with Crippen LogP contribution in [0.5, 0.6) is 0 Å². The maximum Gasteiger partial charge on any atom is 0.327 e. The normalized spacial score (nSPS) is 27.4. The molecular weight excluding hydrogens is 318 g/mol. The number of piperidine rings is 1. The van der Waals surface area contributed by atoms with E-state index in [-0.39, 0.29) is 18.0 Å². The summed E-state index contributed by atoms with van der Waals surface area (Å²) in [5.41, 5.74) is 0.433. The van der Waals surface area contributed by atoms with Gasteiger partial charge in [-0.05, 0) is 39.0 Å². The lowest BCUT2D eigenvalue weighted by molar-refractivity contribution is -0.133. The van der Waals surface area contributed by atoms with Gasteiger partial charge in [-0.25, -0.2) is 14.8 Å². The Kier molecular flexibility index (Phi) is 3.89. The number of hydrogen-bond acceptors (Lipinski definition) is 5. The lowest BCUT2D eigenvalue weighted by Gasteiger charge is -2.36. The van der Waals surface area contributed by atoms with Crippen LogP contribution < -0.4 is 4.90 Å². The zero-order valence-corrected chi connectivity index (χ0v) is 14.9. The average Bonchev–Trinajstić information content (AvgIpc) is 3.12. The van der Waals surface area contributed by atoms with E-state index in [2.05, 4.69) is 21.8 Å². The molecule has 3 fully saturated rings. The highest BCUT2D eigenvalue weighted by Gasteiger charge is 2.58. The molecule has 0 unspecified atom stereocenters. The lowest BCUT2D eigenvalue weighted by atomic mass is 9.97. The maximum absolute atomic E-state index is 12.9. The first-order chi connectivity index (χ1) is 12.0. The van der Waals surface area contributed by atoms with Crippen molar-refractivity contribution in [1.29, 1.82) is 0 Å². The Balaban J connectivity index is 1.45. The first-order valence-electron chi connectivity index (χ1n) is 9.25. The summed E-state index contributed by atoms with van der Waals surface area (Å²) in [4.78, 5) is 39.8. The topological polar surface area (TPSA) is 69.6 Å². The van der Waals surface area contributed by atoms with Crippen molar-refractivity contribution in [1.82, 2.24) is 19.8 Å². The van der Waals surface area contributed by atoms with Crippen LogP contribution in [0.1, 0.15) is 45.2 Å². The Morgan fingerprint density at radius 1 is 1.20 bits per heavy atom. The number of aromatic nitrogens is 2. The maximum atomic E-state index is 12.9. The summed E-state index contributed by atoms with van der Waals surface area (Å²) in [6.07, 6.45) is 5.81. The molecule has 1 aromatic rings. The molecule has 25 heavy (non-hydrogen) atoms. The Hall–Kier alpha value is -2.18. The Morgan fingerprint density at radius 2 is 1.96 bits per heavy atom. The van der Waals surface area contributed by atoms with E-state index >= 15 is 0 Å². The van der Waals surface area contributed by atoms with Crippen LogP contribution in [0, 0.1) is 0 Å². The molecule has 3 amide bonds. The van der Waals surface area contributed by atoms with Gasteiger partial charge in [0.2, 0.25) is 0 Å². The second kappa shape index (κ2) is 5.97. The molecule has 3 saturated heterocycles. The van der Waals surface area contributed by atoms with Gasteiger partial charge >= 0.3 is 6.03 Å². The number of nitrogens with zero attached hydrogens (tertiary/aromatic N) is 5. The van der Waals surface area contributed by atoms with Gasteiger partial charge < -0.3 is 9.80 Å². The number of carbonyl (C=O) groups excluding carboxylic acids is 2. The number of rotatable bonds is 3. The summed E-state index contributed by atoms with van der Waals surface area (Å²) in [6, 6.07) is 1.95. The quantitative estimate of drug-likeness (QED) is 0.783. The van der Waals surface area contributed by atoms with Crippen LogP contribution in [0.4, 0.5) is 10.6 Å². The molecule has 0 aromatic carbocycles. The molecule has 4 rings (SSSR count). The van der Waals surface area contributed by atoms with Crippen molar-refractivity contribution in [3.8, 4) is 0 Å². The molecule has 0 radical (unpaired) electrons. The molecule has 0 N–H and O–H groups in total. The predicted molar refractivity (Wildman–Crippen MR) is 93.2 cm³/mol. The Morgan fingerprint density at radius 3 is 2.64 bits per heavy atom. The molecule has 4 heterocycles. The number of aryl methyl sites for hydroxylation is 1. The highest BCUT2D eigenvalue weighted by molar-refractivity contribution is 6.07. The van der Waals surface area contributed by atoms with Gasteiger partial charge in [0.1, 0.15) is 17.7 Å². The molecule has 0 aliphatic carbocycles. The van der Waals surface area contributed by atoms with Gasteiger partial charge in [0, 0.05) is 37.4 Å². The smallest absolute Gasteiger partial charge is 0.327 e. The number of amides is 3. The predicted octanol–water partition coefficient (Wildman–Crippen LogP) is 1.82. The Bertz CT molecular complexity index is 700. The molecule has 134 valence electrons. The largest absolute Gasteiger partial charge is 0.356 e. The zero-order valence-electron chi connectivity index (χ0n) is 14.9. The fraction of sp³-hybridized carbons (Fsp3) is 0.667. The number of hydrogen-bond donors (Lipinski definition) is 0. The van der Waals surface area contributed by atoms with Crippen LogP contribution >= 0.6 is 0 Å². The number of anilines is 1. The number of carbonyl (C=O) groups is 2. The van der Waals surface area contributed by atoms with Crippen molar-refractivity contribution < 1.29 is 9.59 Å². The average molecular weight is 343 g/mol. The van der Waals surface area contributed by atoms with Gasteiger partial charge in [-0.15, -0.1) is 0 Å². The third-order valence-corrected chi connectivity index (χ3v) is 5.98. The number of urea groups is 1. The number of fused-ring (bicyclic) bond motifs is 1. The summed E-state index contributed by atoms with van der Waals surface area (Å²) in [5.74, 6) is 0.945. The molecule has 7 heteroatoms. The summed E-state index contributed by atoms with van der Waals surface area (Å²) in [6.45, 7) is 6.31. The molecular formula is C18H25N5O2. The van der Waals surface area contributed by atoms with Gasteiger partial charge in [-0.1, -0.05) is 6.92 Å². The molecule has 7 nitrogen and oxygen atoms in total. The van der Waals surface area contributed by atoms with E-state index < -0.39 is 5.54 Å². The van der Waals surface area contributed by atoms with E-state index in [0.717, 1.165) is 56.7 Å². The van der Waals surface area contributed by atoms with Crippen LogP contribution in [0.25, 0.3) is 0 Å². The van der Waals surface area contributed by atoms with Crippen molar-refractivity contribution in [2.45, 2.75) is 57.5 Å². The van der Waals surface area contributed by atoms with Crippen molar-refractivity contribution in [3.05, 3.63) is 18.1 Å². The van der Waals surface area contributed by atoms with Crippen molar-refractivity contribution >= 4 is 17.8 Å². The van der Waals surface area contributed by atoms with E-state index in [4.69, 9.17) is 0 Å². The van der Waals surface area contributed by atoms with Crippen molar-refractivity contribution in [3.63, 3.8) is 0 Å². The highest BCUT2D eigenvalue weighted by atomic mass is 16.2. The van der Waals surface area contributed by atoms with Gasteiger partial charge in [0.15, 0.2) is 0 Å². The zero-order chi connectivity index (χ0) is 17.6. The van der Waals surface area contributed by atoms with Crippen LogP contribution in [0.3, 0.4) is 0 Å². The molecule has 0 spiro atoms. The molecule has 3 aliphatic heterocycles. The van der Waals surface area contributed by atoms with Gasteiger partial charge in [-0.3, -0.25) is 9.69 Å². The first kappa shape index (κ1) is 16.3. The van der Waals surface area contributed by atoms with Crippen molar-refractivity contribution in [2.75, 3.05) is 24.5 Å². The van der Waals surface area contributed by atoms with Gasteiger partial charge in [-0.2, -0.15) is 0 Å². The van der Waals surface area contributed by atoms with Crippen LogP contribution in [0.15, 0.2) is 12.4 Å². The monoisotopic (exact) mass is 343 g/mol. The van der Waals surface area contributed by atoms with Crippen LogP contribution in [0.2, 0.25) is 0 Å². The minimum absolute atomic E-state index is 0.00348. The van der Waals surface area contributed by atoms with Crippen LogP contribution in [-0.4, -0.2) is 62.9 Å². The summed E-state index contributed by atoms with van der Waals surface area (Å²) < 4.78 is 0. The number of imide groups is 1. The lowest BCUT2D eigenvalue weighted by Crippen LogP contribution is -2.49. The Labute approximate surface area is 148 Å². The fourth-order valence-electron chi connectivity index (χ4n) is 4.40. The van der Waals surface area contributed by atoms with E-state index in [0.29, 0.717) is 6.54 Å². The second-order valence-electron chi connectivity index (χ2n) is 7.43. The first-order valence-corrected chi connectivity index (χ1v) is 9.25. The van der Waals surface area contributed by atoms with Gasteiger partial charge in [0.25, 0.3) is 5.91 Å². The highest BCUT2D eigenvalue weighted by Crippen LogP contribution is 2.39. The molecule has 0 saturated carbocycles. The van der Waals surface area contributed by atoms with E-state index in [1.165, 1.54) is 0 Å². The summed E-state index contributed by atoms with van der Waals surface area (Å²) >= 11 is 0. The van der Waals surface area contributed by atoms with Crippen LogP contribution in [-0.2, 0) is 11.2 Å². The minimum atomic E-state index is -0.600. The third-order valence-electron chi connectivity index (χ3n) is 5.98. The second-order valence-corrected chi connectivity index (χ2v) is 7.43. The molecule has 1 atom stereocenters. The fourth-order valence-corrected chi connectivity index (χ4v) is 4.40. The summed E-state index contributed by atoms with van der Waals surface area (Å²) in [5, 5.41) is 0. The van der Waals surface area contributed by atoms with E-state index in [1.807, 2.05) is 13.0 Å². The van der Waals surface area contributed by atoms with E-state index in [1.54, 1.807) is 16.1 Å².